The number of ether oxygens (including phenoxy) is 1. The molecule has 2 atom stereocenters. The molecule has 3 heterocycles. The van der Waals surface area contributed by atoms with E-state index in [9.17, 15) is 9.18 Å². The number of carbonyl (C=O) groups is 1. The quantitative estimate of drug-likeness (QED) is 0.475. The third kappa shape index (κ3) is 5.80. The highest BCUT2D eigenvalue weighted by Crippen LogP contribution is 2.25. The van der Waals surface area contributed by atoms with Gasteiger partial charge in [-0.05, 0) is 31.5 Å². The molecule has 10 heteroatoms. The second-order valence-electron chi connectivity index (χ2n) is 7.61. The van der Waals surface area contributed by atoms with Gasteiger partial charge in [-0.15, -0.1) is 0 Å². The SMILES string of the molecule is CCC[C@@H](Nc1nc(Nc2ccc(N3CCOCC3)nc2)c(C(N)=O)cc1F)[C@H](C)N. The van der Waals surface area contributed by atoms with Crippen molar-refractivity contribution in [3.05, 3.63) is 35.8 Å². The predicted octanol–water partition coefficient (Wildman–Crippen LogP) is 2.22. The average Bonchev–Trinajstić information content (AvgIpc) is 2.76. The Kier molecular flexibility index (Phi) is 7.59. The van der Waals surface area contributed by atoms with Crippen LogP contribution in [-0.4, -0.2) is 54.3 Å². The molecule has 168 valence electrons. The third-order valence-electron chi connectivity index (χ3n) is 5.14. The lowest BCUT2D eigenvalue weighted by Crippen LogP contribution is -2.38. The summed E-state index contributed by atoms with van der Waals surface area (Å²) < 4.78 is 20.0. The van der Waals surface area contributed by atoms with E-state index in [1.807, 2.05) is 26.0 Å². The molecule has 0 saturated carbocycles. The Balaban J connectivity index is 1.84. The smallest absolute Gasteiger partial charge is 0.252 e. The molecule has 1 amide bonds. The Morgan fingerprint density at radius 2 is 2.06 bits per heavy atom. The zero-order valence-corrected chi connectivity index (χ0v) is 17.9. The van der Waals surface area contributed by atoms with Gasteiger partial charge in [0.2, 0.25) is 0 Å². The van der Waals surface area contributed by atoms with Gasteiger partial charge >= 0.3 is 0 Å². The number of amides is 1. The Bertz CT molecular complexity index is 886. The lowest BCUT2D eigenvalue weighted by Gasteiger charge is -2.27. The molecular formula is C21H30FN7O2. The highest BCUT2D eigenvalue weighted by Gasteiger charge is 2.20. The molecule has 9 nitrogen and oxygen atoms in total. The van der Waals surface area contributed by atoms with Crippen LogP contribution in [0.2, 0.25) is 0 Å². The van der Waals surface area contributed by atoms with E-state index < -0.39 is 11.7 Å². The number of anilines is 4. The van der Waals surface area contributed by atoms with Gasteiger partial charge in [0.25, 0.3) is 5.91 Å². The highest BCUT2D eigenvalue weighted by atomic mass is 19.1. The number of aromatic nitrogens is 2. The van der Waals surface area contributed by atoms with E-state index in [-0.39, 0.29) is 29.3 Å². The molecule has 0 bridgehead atoms. The standard InChI is InChI=1S/C21H30FN7O2/c1-3-4-17(13(2)23)27-21-16(22)11-15(19(24)30)20(28-21)26-14-5-6-18(25-12-14)29-7-9-31-10-8-29/h5-6,11-13,17H,3-4,7-10,23H2,1-2H3,(H2,24,30)(H2,26,27,28)/t13-,17+/m0/s1. The van der Waals surface area contributed by atoms with Crippen molar-refractivity contribution in [3.8, 4) is 0 Å². The summed E-state index contributed by atoms with van der Waals surface area (Å²) in [5.41, 5.74) is 12.0. The number of nitrogens with zero attached hydrogens (tertiary/aromatic N) is 3. The first-order chi connectivity index (χ1) is 14.9. The van der Waals surface area contributed by atoms with Gasteiger partial charge in [0.1, 0.15) is 11.6 Å². The molecule has 6 N–H and O–H groups in total. The van der Waals surface area contributed by atoms with E-state index in [4.69, 9.17) is 16.2 Å². The summed E-state index contributed by atoms with van der Waals surface area (Å²) in [7, 11) is 0. The second kappa shape index (κ2) is 10.4. The lowest BCUT2D eigenvalue weighted by atomic mass is 10.1. The maximum absolute atomic E-state index is 14.6. The number of primary amides is 1. The number of rotatable bonds is 9. The van der Waals surface area contributed by atoms with E-state index in [1.54, 1.807) is 6.20 Å². The number of hydrogen-bond acceptors (Lipinski definition) is 8. The summed E-state index contributed by atoms with van der Waals surface area (Å²) in [6.45, 7) is 6.76. The number of halogens is 1. The van der Waals surface area contributed by atoms with E-state index in [2.05, 4.69) is 25.5 Å². The normalized spacial score (nSPS) is 15.9. The van der Waals surface area contributed by atoms with Crippen molar-refractivity contribution in [2.45, 2.75) is 38.8 Å². The molecule has 0 unspecified atom stereocenters. The summed E-state index contributed by atoms with van der Waals surface area (Å²) in [4.78, 5) is 22.8. The van der Waals surface area contributed by atoms with Crippen LogP contribution < -0.4 is 27.0 Å². The van der Waals surface area contributed by atoms with Crippen molar-refractivity contribution < 1.29 is 13.9 Å². The van der Waals surface area contributed by atoms with Crippen molar-refractivity contribution >= 4 is 29.0 Å². The fourth-order valence-electron chi connectivity index (χ4n) is 3.40. The van der Waals surface area contributed by atoms with Gasteiger partial charge in [-0.1, -0.05) is 13.3 Å². The summed E-state index contributed by atoms with van der Waals surface area (Å²) in [5.74, 6) is -0.450. The molecule has 2 aromatic rings. The van der Waals surface area contributed by atoms with Crippen LogP contribution in [0.5, 0.6) is 0 Å². The van der Waals surface area contributed by atoms with E-state index in [0.29, 0.717) is 18.9 Å². The molecule has 0 aliphatic carbocycles. The number of morpholine rings is 1. The predicted molar refractivity (Wildman–Crippen MR) is 119 cm³/mol. The molecule has 1 fully saturated rings. The first kappa shape index (κ1) is 22.7. The van der Waals surface area contributed by atoms with Crippen LogP contribution in [0, 0.1) is 5.82 Å². The number of hydrogen-bond donors (Lipinski definition) is 4. The zero-order valence-electron chi connectivity index (χ0n) is 17.9. The molecule has 2 aromatic heterocycles. The Morgan fingerprint density at radius 1 is 1.32 bits per heavy atom. The van der Waals surface area contributed by atoms with Crippen molar-refractivity contribution in [2.75, 3.05) is 41.8 Å². The Morgan fingerprint density at radius 3 is 2.65 bits per heavy atom. The van der Waals surface area contributed by atoms with Crippen LogP contribution in [-0.2, 0) is 4.74 Å². The maximum Gasteiger partial charge on any atom is 0.252 e. The molecular weight excluding hydrogens is 401 g/mol. The lowest BCUT2D eigenvalue weighted by molar-refractivity contribution is 0.100. The van der Waals surface area contributed by atoms with E-state index >= 15 is 0 Å². The van der Waals surface area contributed by atoms with Gasteiger partial charge in [-0.2, -0.15) is 0 Å². The minimum absolute atomic E-state index is 0.0150. The summed E-state index contributed by atoms with van der Waals surface area (Å²) in [6.07, 6.45) is 3.27. The fourth-order valence-corrected chi connectivity index (χ4v) is 3.40. The van der Waals surface area contributed by atoms with Crippen LogP contribution >= 0.6 is 0 Å². The van der Waals surface area contributed by atoms with Gasteiger partial charge in [0.15, 0.2) is 11.6 Å². The molecule has 1 aliphatic heterocycles. The molecule has 0 aromatic carbocycles. The fraction of sp³-hybridized carbons (Fsp3) is 0.476. The first-order valence-corrected chi connectivity index (χ1v) is 10.5. The number of nitrogens with one attached hydrogen (secondary N) is 2. The number of carbonyl (C=O) groups excluding carboxylic acids is 1. The van der Waals surface area contributed by atoms with E-state index in [1.165, 1.54) is 0 Å². The molecule has 0 radical (unpaired) electrons. The topological polar surface area (TPSA) is 131 Å². The zero-order chi connectivity index (χ0) is 22.4. The van der Waals surface area contributed by atoms with Gasteiger partial charge < -0.3 is 31.7 Å². The second-order valence-corrected chi connectivity index (χ2v) is 7.61. The van der Waals surface area contributed by atoms with Gasteiger partial charge in [-0.25, -0.2) is 14.4 Å². The molecule has 1 aliphatic rings. The molecule has 0 spiro atoms. The number of pyridine rings is 2. The minimum atomic E-state index is -0.782. The highest BCUT2D eigenvalue weighted by molar-refractivity contribution is 5.98. The van der Waals surface area contributed by atoms with Gasteiger partial charge in [0.05, 0.1) is 30.7 Å². The first-order valence-electron chi connectivity index (χ1n) is 10.5. The van der Waals surface area contributed by atoms with Crippen molar-refractivity contribution in [1.29, 1.82) is 0 Å². The van der Waals surface area contributed by atoms with Crippen LogP contribution in [0.4, 0.5) is 27.5 Å². The van der Waals surface area contributed by atoms with Crippen LogP contribution in [0.25, 0.3) is 0 Å². The largest absolute Gasteiger partial charge is 0.378 e. The molecule has 31 heavy (non-hydrogen) atoms. The summed E-state index contributed by atoms with van der Waals surface area (Å²) >= 11 is 0. The van der Waals surface area contributed by atoms with Crippen LogP contribution in [0.1, 0.15) is 37.0 Å². The summed E-state index contributed by atoms with van der Waals surface area (Å²) in [6, 6.07) is 4.41. The van der Waals surface area contributed by atoms with E-state index in [0.717, 1.165) is 37.8 Å². The monoisotopic (exact) mass is 431 g/mol. The maximum atomic E-state index is 14.6. The van der Waals surface area contributed by atoms with Crippen LogP contribution in [0.15, 0.2) is 24.4 Å². The van der Waals surface area contributed by atoms with Crippen molar-refractivity contribution in [3.63, 3.8) is 0 Å². The number of nitrogens with two attached hydrogens (primary N) is 2. The van der Waals surface area contributed by atoms with Crippen LogP contribution in [0.3, 0.4) is 0 Å². The van der Waals surface area contributed by atoms with Crippen molar-refractivity contribution in [1.82, 2.24) is 9.97 Å². The average molecular weight is 432 g/mol. The van der Waals surface area contributed by atoms with Gasteiger partial charge in [-0.3, -0.25) is 4.79 Å². The van der Waals surface area contributed by atoms with Gasteiger partial charge in [0, 0.05) is 25.2 Å². The Hall–Kier alpha value is -2.98. The van der Waals surface area contributed by atoms with Crippen molar-refractivity contribution in [2.24, 2.45) is 11.5 Å². The third-order valence-corrected chi connectivity index (χ3v) is 5.14. The molecule has 1 saturated heterocycles. The minimum Gasteiger partial charge on any atom is -0.378 e. The molecule has 3 rings (SSSR count). The Labute approximate surface area is 181 Å². The summed E-state index contributed by atoms with van der Waals surface area (Å²) in [5, 5.41) is 6.09.